The Labute approximate surface area is 94.3 Å². The van der Waals surface area contributed by atoms with Crippen LogP contribution in [0, 0.1) is 11.3 Å². The van der Waals surface area contributed by atoms with Gasteiger partial charge in [0.2, 0.25) is 0 Å². The molecule has 0 saturated heterocycles. The van der Waals surface area contributed by atoms with Crippen LogP contribution in [0.15, 0.2) is 12.7 Å². The van der Waals surface area contributed by atoms with Crippen molar-refractivity contribution < 1.29 is 14.3 Å². The Morgan fingerprint density at radius 2 is 2.00 bits per heavy atom. The molecule has 6 heteroatoms. The maximum atomic E-state index is 11.0. The lowest BCUT2D eigenvalue weighted by atomic mass is 10.4. The van der Waals surface area contributed by atoms with Gasteiger partial charge >= 0.3 is 11.8 Å². The van der Waals surface area contributed by atoms with E-state index < -0.39 is 11.8 Å². The highest BCUT2D eigenvalue weighted by Gasteiger charge is 2.10. The van der Waals surface area contributed by atoms with Crippen LogP contribution in [0.1, 0.15) is 6.42 Å². The zero-order valence-corrected chi connectivity index (χ0v) is 8.99. The first-order valence-corrected chi connectivity index (χ1v) is 4.84. The number of rotatable bonds is 7. The maximum Gasteiger partial charge on any atom is 0.310 e. The molecule has 0 heterocycles. The Morgan fingerprint density at radius 3 is 2.62 bits per heavy atom. The maximum absolute atomic E-state index is 11.0. The van der Waals surface area contributed by atoms with E-state index in [4.69, 9.17) is 10.00 Å². The molecule has 0 aliphatic carbocycles. The SMILES string of the molecule is C=CCCOCCNC(=O)C(=O)NCC#N. The van der Waals surface area contributed by atoms with Crippen molar-refractivity contribution in [2.75, 3.05) is 26.3 Å². The molecule has 0 aliphatic heterocycles. The molecule has 0 aromatic heterocycles. The summed E-state index contributed by atoms with van der Waals surface area (Å²) >= 11 is 0. The Balaban J connectivity index is 3.46. The number of carbonyl (C=O) groups is 2. The normalized spacial score (nSPS) is 8.94. The first kappa shape index (κ1) is 14.1. The minimum atomic E-state index is -0.812. The van der Waals surface area contributed by atoms with Crippen molar-refractivity contribution in [2.24, 2.45) is 0 Å². The third kappa shape index (κ3) is 7.53. The van der Waals surface area contributed by atoms with Crippen LogP contribution >= 0.6 is 0 Å². The van der Waals surface area contributed by atoms with Gasteiger partial charge in [0.05, 0.1) is 19.3 Å². The summed E-state index contributed by atoms with van der Waals surface area (Å²) in [6, 6.07) is 1.70. The van der Waals surface area contributed by atoms with E-state index in [1.165, 1.54) is 0 Å². The van der Waals surface area contributed by atoms with E-state index in [1.807, 2.05) is 0 Å². The van der Waals surface area contributed by atoms with Gasteiger partial charge in [0.15, 0.2) is 0 Å². The van der Waals surface area contributed by atoms with E-state index in [9.17, 15) is 9.59 Å². The molecule has 2 N–H and O–H groups in total. The highest BCUT2D eigenvalue weighted by molar-refractivity contribution is 6.35. The molecular formula is C10H15N3O3. The Kier molecular flexibility index (Phi) is 8.55. The number of ether oxygens (including phenoxy) is 1. The summed E-state index contributed by atoms with van der Waals surface area (Å²) in [5.41, 5.74) is 0. The van der Waals surface area contributed by atoms with Gasteiger partial charge in [-0.1, -0.05) is 6.08 Å². The van der Waals surface area contributed by atoms with Crippen LogP contribution in [-0.4, -0.2) is 38.1 Å². The fourth-order valence-electron chi connectivity index (χ4n) is 0.786. The third-order valence-electron chi connectivity index (χ3n) is 1.53. The minimum absolute atomic E-state index is 0.178. The number of nitrogens with zero attached hydrogens (tertiary/aromatic N) is 1. The van der Waals surface area contributed by atoms with Crippen molar-refractivity contribution >= 4 is 11.8 Å². The zero-order chi connectivity index (χ0) is 12.2. The second-order valence-corrected chi connectivity index (χ2v) is 2.79. The summed E-state index contributed by atoms with van der Waals surface area (Å²) in [6.45, 7) is 4.49. The lowest BCUT2D eigenvalue weighted by Gasteiger charge is -2.04. The summed E-state index contributed by atoms with van der Waals surface area (Å²) in [5.74, 6) is -1.57. The number of nitrogens with one attached hydrogen (secondary N) is 2. The quantitative estimate of drug-likeness (QED) is 0.260. The lowest BCUT2D eigenvalue weighted by molar-refractivity contribution is -0.139. The summed E-state index contributed by atoms with van der Waals surface area (Å²) in [6.07, 6.45) is 2.48. The number of amides is 2. The second-order valence-electron chi connectivity index (χ2n) is 2.79. The molecule has 0 rings (SSSR count). The number of carbonyl (C=O) groups excluding carboxylic acids is 2. The predicted molar refractivity (Wildman–Crippen MR) is 57.3 cm³/mol. The van der Waals surface area contributed by atoms with Crippen molar-refractivity contribution in [3.8, 4) is 6.07 Å². The van der Waals surface area contributed by atoms with Crippen LogP contribution in [0.25, 0.3) is 0 Å². The van der Waals surface area contributed by atoms with E-state index in [2.05, 4.69) is 17.2 Å². The smallest absolute Gasteiger partial charge is 0.310 e. The standard InChI is InChI=1S/C10H15N3O3/c1-2-3-7-16-8-6-13-10(15)9(14)12-5-4-11/h2H,1,3,5-8H2,(H,12,14)(H,13,15). The van der Waals surface area contributed by atoms with Gasteiger partial charge in [-0.2, -0.15) is 5.26 Å². The Hall–Kier alpha value is -1.87. The summed E-state index contributed by atoms with van der Waals surface area (Å²) in [4.78, 5) is 22.0. The topological polar surface area (TPSA) is 91.2 Å². The molecule has 0 bridgehead atoms. The largest absolute Gasteiger partial charge is 0.379 e. The molecule has 0 fully saturated rings. The van der Waals surface area contributed by atoms with Gasteiger partial charge in [-0.05, 0) is 6.42 Å². The third-order valence-corrected chi connectivity index (χ3v) is 1.53. The highest BCUT2D eigenvalue weighted by Crippen LogP contribution is 1.81. The first-order chi connectivity index (χ1) is 7.72. The number of nitriles is 1. The lowest BCUT2D eigenvalue weighted by Crippen LogP contribution is -2.41. The fraction of sp³-hybridized carbons (Fsp3) is 0.500. The minimum Gasteiger partial charge on any atom is -0.379 e. The van der Waals surface area contributed by atoms with Crippen LogP contribution < -0.4 is 10.6 Å². The van der Waals surface area contributed by atoms with Crippen molar-refractivity contribution in [1.29, 1.82) is 5.26 Å². The van der Waals surface area contributed by atoms with Gasteiger partial charge in [-0.15, -0.1) is 6.58 Å². The predicted octanol–water partition coefficient (Wildman–Crippen LogP) is -0.665. The first-order valence-electron chi connectivity index (χ1n) is 4.84. The molecule has 16 heavy (non-hydrogen) atoms. The van der Waals surface area contributed by atoms with Gasteiger partial charge in [0, 0.05) is 6.54 Å². The Bertz CT molecular complexity index is 284. The van der Waals surface area contributed by atoms with Crippen LogP contribution in [0.5, 0.6) is 0 Å². The summed E-state index contributed by atoms with van der Waals surface area (Å²) in [7, 11) is 0. The van der Waals surface area contributed by atoms with Crippen LogP contribution in [-0.2, 0) is 14.3 Å². The molecule has 0 aromatic carbocycles. The molecule has 0 aromatic rings. The number of hydrogen-bond acceptors (Lipinski definition) is 4. The Morgan fingerprint density at radius 1 is 1.31 bits per heavy atom. The molecule has 0 aliphatic rings. The van der Waals surface area contributed by atoms with E-state index in [-0.39, 0.29) is 13.1 Å². The number of hydrogen-bond donors (Lipinski definition) is 2. The molecule has 6 nitrogen and oxygen atoms in total. The van der Waals surface area contributed by atoms with Crippen molar-refractivity contribution in [3.05, 3.63) is 12.7 Å². The fourth-order valence-corrected chi connectivity index (χ4v) is 0.786. The highest BCUT2D eigenvalue weighted by atomic mass is 16.5. The average molecular weight is 225 g/mol. The van der Waals surface area contributed by atoms with Crippen LogP contribution in [0.4, 0.5) is 0 Å². The molecule has 0 spiro atoms. The molecule has 0 radical (unpaired) electrons. The summed E-state index contributed by atoms with van der Waals surface area (Å²) in [5, 5.41) is 12.7. The molecule has 0 unspecified atom stereocenters. The van der Waals surface area contributed by atoms with Crippen molar-refractivity contribution in [1.82, 2.24) is 10.6 Å². The van der Waals surface area contributed by atoms with E-state index >= 15 is 0 Å². The van der Waals surface area contributed by atoms with Crippen LogP contribution in [0.3, 0.4) is 0 Å². The molecule has 0 atom stereocenters. The molecule has 2 amide bonds. The van der Waals surface area contributed by atoms with E-state index in [1.54, 1.807) is 12.1 Å². The van der Waals surface area contributed by atoms with Crippen molar-refractivity contribution in [3.63, 3.8) is 0 Å². The molecule has 0 saturated carbocycles. The van der Waals surface area contributed by atoms with Gasteiger partial charge in [0.1, 0.15) is 6.54 Å². The van der Waals surface area contributed by atoms with E-state index in [0.717, 1.165) is 6.42 Å². The van der Waals surface area contributed by atoms with Gasteiger partial charge in [0.25, 0.3) is 0 Å². The molecule has 88 valence electrons. The molecular weight excluding hydrogens is 210 g/mol. The van der Waals surface area contributed by atoms with E-state index in [0.29, 0.717) is 13.2 Å². The van der Waals surface area contributed by atoms with Crippen molar-refractivity contribution in [2.45, 2.75) is 6.42 Å². The second kappa shape index (κ2) is 9.68. The zero-order valence-electron chi connectivity index (χ0n) is 8.99. The van der Waals surface area contributed by atoms with Crippen LogP contribution in [0.2, 0.25) is 0 Å². The monoisotopic (exact) mass is 225 g/mol. The summed E-state index contributed by atoms with van der Waals surface area (Å²) < 4.78 is 5.12. The van der Waals surface area contributed by atoms with Gasteiger partial charge in [-0.25, -0.2) is 0 Å². The van der Waals surface area contributed by atoms with Gasteiger partial charge < -0.3 is 15.4 Å². The van der Waals surface area contributed by atoms with Gasteiger partial charge in [-0.3, -0.25) is 9.59 Å². The average Bonchev–Trinajstić information content (AvgIpc) is 2.30.